The summed E-state index contributed by atoms with van der Waals surface area (Å²) < 4.78 is 36.4. The summed E-state index contributed by atoms with van der Waals surface area (Å²) in [6.07, 6.45) is -1.85. The average Bonchev–Trinajstić information content (AvgIpc) is 2.15. The molecule has 0 saturated heterocycles. The largest absolute Gasteiger partial charge is 0.392 e. The molecule has 1 nitrogen and oxygen atoms in total. The standard InChI is InChI=1S/C11H19F3O/c1-2-8-5-3-4-6-9(8)10(15)7-11(12,13)14/h8-10,15H,2-7H2,1H3. The van der Waals surface area contributed by atoms with Gasteiger partial charge in [0.05, 0.1) is 12.5 Å². The summed E-state index contributed by atoms with van der Waals surface area (Å²) in [6.45, 7) is 1.99. The van der Waals surface area contributed by atoms with Crippen molar-refractivity contribution in [1.82, 2.24) is 0 Å². The molecule has 90 valence electrons. The average molecular weight is 224 g/mol. The van der Waals surface area contributed by atoms with E-state index in [1.165, 1.54) is 0 Å². The normalized spacial score (nSPS) is 30.2. The van der Waals surface area contributed by atoms with Gasteiger partial charge in [0.15, 0.2) is 0 Å². The van der Waals surface area contributed by atoms with Crippen LogP contribution in [0, 0.1) is 11.8 Å². The van der Waals surface area contributed by atoms with Crippen molar-refractivity contribution in [2.75, 3.05) is 0 Å². The first kappa shape index (κ1) is 12.8. The van der Waals surface area contributed by atoms with Gasteiger partial charge in [0.25, 0.3) is 0 Å². The highest BCUT2D eigenvalue weighted by Gasteiger charge is 2.37. The monoisotopic (exact) mass is 224 g/mol. The van der Waals surface area contributed by atoms with E-state index in [-0.39, 0.29) is 11.8 Å². The van der Waals surface area contributed by atoms with Gasteiger partial charge in [-0.05, 0) is 18.3 Å². The molecule has 0 aromatic carbocycles. The molecule has 1 fully saturated rings. The molecule has 1 aliphatic carbocycles. The fourth-order valence-electron chi connectivity index (χ4n) is 2.64. The van der Waals surface area contributed by atoms with Crippen LogP contribution in [0.5, 0.6) is 0 Å². The van der Waals surface area contributed by atoms with E-state index in [1.54, 1.807) is 0 Å². The third-order valence-corrected chi connectivity index (χ3v) is 3.43. The van der Waals surface area contributed by atoms with E-state index in [1.807, 2.05) is 6.92 Å². The summed E-state index contributed by atoms with van der Waals surface area (Å²) in [5.74, 6) is 0.126. The van der Waals surface area contributed by atoms with E-state index < -0.39 is 18.7 Å². The Labute approximate surface area is 88.7 Å². The van der Waals surface area contributed by atoms with Crippen molar-refractivity contribution in [2.24, 2.45) is 11.8 Å². The minimum absolute atomic E-state index is 0.148. The molecular weight excluding hydrogens is 205 g/mol. The minimum atomic E-state index is -4.24. The number of halogens is 3. The molecule has 0 heterocycles. The fraction of sp³-hybridized carbons (Fsp3) is 1.00. The zero-order valence-corrected chi connectivity index (χ0v) is 9.06. The van der Waals surface area contributed by atoms with Gasteiger partial charge in [-0.3, -0.25) is 0 Å². The summed E-state index contributed by atoms with van der Waals surface area (Å²) >= 11 is 0. The second-order valence-corrected chi connectivity index (χ2v) is 4.50. The van der Waals surface area contributed by atoms with Crippen LogP contribution in [-0.4, -0.2) is 17.4 Å². The Bertz CT molecular complexity index is 191. The summed E-state index contributed by atoms with van der Waals surface area (Å²) in [4.78, 5) is 0. The smallest absolute Gasteiger partial charge is 0.391 e. The lowest BCUT2D eigenvalue weighted by Gasteiger charge is -2.34. The molecular formula is C11H19F3O. The highest BCUT2D eigenvalue weighted by atomic mass is 19.4. The third-order valence-electron chi connectivity index (χ3n) is 3.43. The Kier molecular flexibility index (Phi) is 4.44. The van der Waals surface area contributed by atoms with E-state index >= 15 is 0 Å². The fourth-order valence-corrected chi connectivity index (χ4v) is 2.64. The van der Waals surface area contributed by atoms with E-state index in [0.717, 1.165) is 32.1 Å². The molecule has 0 bridgehead atoms. The van der Waals surface area contributed by atoms with Crippen LogP contribution >= 0.6 is 0 Å². The summed E-state index contributed by atoms with van der Waals surface area (Å²) in [5, 5.41) is 9.59. The molecule has 1 saturated carbocycles. The zero-order chi connectivity index (χ0) is 11.5. The summed E-state index contributed by atoms with van der Waals surface area (Å²) in [6, 6.07) is 0. The molecule has 15 heavy (non-hydrogen) atoms. The Balaban J connectivity index is 2.52. The van der Waals surface area contributed by atoms with Crippen molar-refractivity contribution in [3.63, 3.8) is 0 Å². The van der Waals surface area contributed by atoms with E-state index in [0.29, 0.717) is 0 Å². The van der Waals surface area contributed by atoms with Crippen LogP contribution < -0.4 is 0 Å². The van der Waals surface area contributed by atoms with Crippen molar-refractivity contribution in [3.05, 3.63) is 0 Å². The maximum atomic E-state index is 12.1. The van der Waals surface area contributed by atoms with Crippen LogP contribution in [-0.2, 0) is 0 Å². The first-order chi connectivity index (χ1) is 6.94. The van der Waals surface area contributed by atoms with Gasteiger partial charge in [0, 0.05) is 0 Å². The SMILES string of the molecule is CCC1CCCCC1C(O)CC(F)(F)F. The molecule has 0 spiro atoms. The zero-order valence-electron chi connectivity index (χ0n) is 9.06. The van der Waals surface area contributed by atoms with Crippen LogP contribution in [0.3, 0.4) is 0 Å². The second-order valence-electron chi connectivity index (χ2n) is 4.50. The maximum absolute atomic E-state index is 12.1. The first-order valence-corrected chi connectivity index (χ1v) is 5.69. The van der Waals surface area contributed by atoms with Gasteiger partial charge in [-0.15, -0.1) is 0 Å². The number of rotatable bonds is 3. The van der Waals surface area contributed by atoms with Gasteiger partial charge in [-0.25, -0.2) is 0 Å². The van der Waals surface area contributed by atoms with Crippen LogP contribution in [0.4, 0.5) is 13.2 Å². The number of alkyl halides is 3. The van der Waals surface area contributed by atoms with E-state index in [4.69, 9.17) is 0 Å². The Hall–Kier alpha value is -0.250. The highest BCUT2D eigenvalue weighted by molar-refractivity contribution is 4.81. The number of aliphatic hydroxyl groups is 1. The molecule has 0 amide bonds. The quantitative estimate of drug-likeness (QED) is 0.777. The predicted octanol–water partition coefficient (Wildman–Crippen LogP) is 3.52. The summed E-state index contributed by atoms with van der Waals surface area (Å²) in [7, 11) is 0. The molecule has 0 aromatic rings. The van der Waals surface area contributed by atoms with Crippen molar-refractivity contribution in [1.29, 1.82) is 0 Å². The Morgan fingerprint density at radius 3 is 2.40 bits per heavy atom. The van der Waals surface area contributed by atoms with Crippen molar-refractivity contribution in [3.8, 4) is 0 Å². The van der Waals surface area contributed by atoms with Gasteiger partial charge < -0.3 is 5.11 Å². The highest BCUT2D eigenvalue weighted by Crippen LogP contribution is 2.37. The van der Waals surface area contributed by atoms with Gasteiger partial charge in [-0.1, -0.05) is 32.6 Å². The van der Waals surface area contributed by atoms with Gasteiger partial charge in [-0.2, -0.15) is 13.2 Å². The maximum Gasteiger partial charge on any atom is 0.391 e. The van der Waals surface area contributed by atoms with Crippen molar-refractivity contribution in [2.45, 2.75) is 57.7 Å². The van der Waals surface area contributed by atoms with E-state index in [2.05, 4.69) is 0 Å². The third kappa shape index (κ3) is 4.01. The van der Waals surface area contributed by atoms with Crippen LogP contribution in [0.2, 0.25) is 0 Å². The number of hydrogen-bond acceptors (Lipinski definition) is 1. The first-order valence-electron chi connectivity index (χ1n) is 5.69. The Morgan fingerprint density at radius 1 is 1.27 bits per heavy atom. The lowest BCUT2D eigenvalue weighted by molar-refractivity contribution is -0.163. The van der Waals surface area contributed by atoms with Gasteiger partial charge in [0.1, 0.15) is 0 Å². The molecule has 0 radical (unpaired) electrons. The Morgan fingerprint density at radius 2 is 1.87 bits per heavy atom. The molecule has 3 atom stereocenters. The lowest BCUT2D eigenvalue weighted by Crippen LogP contribution is -2.33. The van der Waals surface area contributed by atoms with Crippen LogP contribution in [0.25, 0.3) is 0 Å². The number of hydrogen-bond donors (Lipinski definition) is 1. The molecule has 1 N–H and O–H groups in total. The van der Waals surface area contributed by atoms with Crippen molar-refractivity contribution >= 4 is 0 Å². The molecule has 1 aliphatic rings. The predicted molar refractivity (Wildman–Crippen MR) is 52.4 cm³/mol. The van der Waals surface area contributed by atoms with E-state index in [9.17, 15) is 18.3 Å². The van der Waals surface area contributed by atoms with Crippen molar-refractivity contribution < 1.29 is 18.3 Å². The second kappa shape index (κ2) is 5.19. The molecule has 4 heteroatoms. The minimum Gasteiger partial charge on any atom is -0.392 e. The molecule has 1 rings (SSSR count). The van der Waals surface area contributed by atoms with Gasteiger partial charge in [0.2, 0.25) is 0 Å². The van der Waals surface area contributed by atoms with Gasteiger partial charge >= 0.3 is 6.18 Å². The molecule has 0 aliphatic heterocycles. The van der Waals surface area contributed by atoms with Crippen LogP contribution in [0.15, 0.2) is 0 Å². The molecule has 0 aromatic heterocycles. The van der Waals surface area contributed by atoms with Crippen LogP contribution in [0.1, 0.15) is 45.4 Å². The lowest BCUT2D eigenvalue weighted by atomic mass is 9.74. The number of aliphatic hydroxyl groups excluding tert-OH is 1. The topological polar surface area (TPSA) is 20.2 Å². The molecule has 3 unspecified atom stereocenters. The summed E-state index contributed by atoms with van der Waals surface area (Å²) in [5.41, 5.74) is 0.